The van der Waals surface area contributed by atoms with E-state index in [0.29, 0.717) is 5.92 Å². The highest BCUT2D eigenvalue weighted by molar-refractivity contribution is 9.10. The monoisotopic (exact) mass is 305 g/mol. The molecule has 2 aromatic rings. The lowest BCUT2D eigenvalue weighted by Gasteiger charge is -2.18. The van der Waals surface area contributed by atoms with Crippen molar-refractivity contribution in [2.75, 3.05) is 0 Å². The van der Waals surface area contributed by atoms with Crippen LogP contribution in [0.4, 0.5) is 0 Å². The lowest BCUT2D eigenvalue weighted by atomic mass is 9.89. The van der Waals surface area contributed by atoms with Crippen LogP contribution in [0.2, 0.25) is 0 Å². The number of aromatic nitrogens is 3. The minimum absolute atomic E-state index is 0.579. The molecule has 0 bridgehead atoms. The largest absolute Gasteiger partial charge is 0.262 e. The molecule has 1 aliphatic rings. The zero-order valence-corrected chi connectivity index (χ0v) is 11.8. The molecule has 18 heavy (non-hydrogen) atoms. The second-order valence-corrected chi connectivity index (χ2v) is 5.80. The zero-order valence-electron chi connectivity index (χ0n) is 10.2. The molecule has 3 nitrogen and oxygen atoms in total. The predicted octanol–water partition coefficient (Wildman–Crippen LogP) is 4.28. The fourth-order valence-corrected chi connectivity index (χ4v) is 2.83. The molecule has 1 aliphatic carbocycles. The van der Waals surface area contributed by atoms with Crippen LogP contribution in [-0.4, -0.2) is 15.2 Å². The van der Waals surface area contributed by atoms with Gasteiger partial charge in [-0.25, -0.2) is 4.98 Å². The maximum Gasteiger partial charge on any atom is 0.181 e. The van der Waals surface area contributed by atoms with Crippen LogP contribution in [0.15, 0.2) is 28.7 Å². The van der Waals surface area contributed by atoms with E-state index in [0.717, 1.165) is 21.7 Å². The van der Waals surface area contributed by atoms with E-state index in [1.54, 1.807) is 0 Å². The van der Waals surface area contributed by atoms with Crippen molar-refractivity contribution in [3.63, 3.8) is 0 Å². The molecule has 0 amide bonds. The summed E-state index contributed by atoms with van der Waals surface area (Å²) in [7, 11) is 0. The third kappa shape index (κ3) is 2.48. The number of aromatic amines is 1. The van der Waals surface area contributed by atoms with Crippen molar-refractivity contribution >= 4 is 15.9 Å². The van der Waals surface area contributed by atoms with E-state index >= 15 is 0 Å². The third-order valence-corrected chi connectivity index (χ3v) is 4.13. The topological polar surface area (TPSA) is 41.6 Å². The molecule has 4 heteroatoms. The number of H-pyrrole nitrogens is 1. The number of rotatable bonds is 2. The van der Waals surface area contributed by atoms with Crippen molar-refractivity contribution in [1.82, 2.24) is 15.2 Å². The van der Waals surface area contributed by atoms with Crippen LogP contribution in [0.3, 0.4) is 0 Å². The summed E-state index contributed by atoms with van der Waals surface area (Å²) in [6, 6.07) is 8.12. The van der Waals surface area contributed by atoms with Gasteiger partial charge >= 0.3 is 0 Å². The lowest BCUT2D eigenvalue weighted by Crippen LogP contribution is -2.06. The summed E-state index contributed by atoms with van der Waals surface area (Å²) in [5.74, 6) is 2.45. The van der Waals surface area contributed by atoms with Crippen LogP contribution >= 0.6 is 15.9 Å². The highest BCUT2D eigenvalue weighted by Crippen LogP contribution is 2.31. The quantitative estimate of drug-likeness (QED) is 0.899. The molecule has 0 aliphatic heterocycles. The van der Waals surface area contributed by atoms with Crippen LogP contribution in [-0.2, 0) is 0 Å². The van der Waals surface area contributed by atoms with Gasteiger partial charge in [0.25, 0.3) is 0 Å². The molecule has 94 valence electrons. The van der Waals surface area contributed by atoms with E-state index in [2.05, 4.69) is 31.1 Å². The molecule has 1 aromatic heterocycles. The number of nitrogens with zero attached hydrogens (tertiary/aromatic N) is 2. The molecule has 1 aromatic carbocycles. The second kappa shape index (κ2) is 5.22. The molecule has 0 radical (unpaired) electrons. The van der Waals surface area contributed by atoms with E-state index in [4.69, 9.17) is 0 Å². The fourth-order valence-electron chi connectivity index (χ4n) is 2.56. The van der Waals surface area contributed by atoms with Gasteiger partial charge in [0.15, 0.2) is 5.82 Å². The molecular formula is C14H16BrN3. The highest BCUT2D eigenvalue weighted by atomic mass is 79.9. The van der Waals surface area contributed by atoms with Gasteiger partial charge in [-0.2, -0.15) is 5.10 Å². The number of nitrogens with one attached hydrogen (secondary N) is 1. The smallest absolute Gasteiger partial charge is 0.181 e. The van der Waals surface area contributed by atoms with E-state index in [1.165, 1.54) is 32.1 Å². The summed E-state index contributed by atoms with van der Waals surface area (Å²) in [6.07, 6.45) is 6.49. The van der Waals surface area contributed by atoms with Crippen molar-refractivity contribution in [2.24, 2.45) is 0 Å². The minimum Gasteiger partial charge on any atom is -0.262 e. The van der Waals surface area contributed by atoms with Gasteiger partial charge in [0.2, 0.25) is 0 Å². The number of benzene rings is 1. The maximum absolute atomic E-state index is 4.65. The normalized spacial score (nSPS) is 16.9. The summed E-state index contributed by atoms with van der Waals surface area (Å²) in [6.45, 7) is 0. The third-order valence-electron chi connectivity index (χ3n) is 3.60. The maximum atomic E-state index is 4.65. The average Bonchev–Trinajstić information content (AvgIpc) is 2.90. The van der Waals surface area contributed by atoms with Crippen molar-refractivity contribution in [1.29, 1.82) is 0 Å². The molecule has 3 rings (SSSR count). The Morgan fingerprint density at radius 2 is 1.78 bits per heavy atom. The van der Waals surface area contributed by atoms with Crippen LogP contribution in [0.25, 0.3) is 11.4 Å². The SMILES string of the molecule is Brc1ccc(-c2n[nH]c(C3CCCCC3)n2)cc1. The Bertz CT molecular complexity index is 512. The van der Waals surface area contributed by atoms with Gasteiger partial charge in [-0.1, -0.05) is 47.3 Å². The first-order valence-corrected chi connectivity index (χ1v) is 7.30. The van der Waals surface area contributed by atoms with Gasteiger partial charge in [-0.05, 0) is 25.0 Å². The van der Waals surface area contributed by atoms with Gasteiger partial charge in [0, 0.05) is 16.0 Å². The predicted molar refractivity (Wildman–Crippen MR) is 75.3 cm³/mol. The van der Waals surface area contributed by atoms with E-state index < -0.39 is 0 Å². The average molecular weight is 306 g/mol. The van der Waals surface area contributed by atoms with E-state index in [-0.39, 0.29) is 0 Å². The van der Waals surface area contributed by atoms with Crippen LogP contribution in [0.5, 0.6) is 0 Å². The molecule has 0 spiro atoms. The molecule has 1 saturated carbocycles. The van der Waals surface area contributed by atoms with Gasteiger partial charge in [0.1, 0.15) is 5.82 Å². The second-order valence-electron chi connectivity index (χ2n) is 4.89. The summed E-state index contributed by atoms with van der Waals surface area (Å²) < 4.78 is 1.08. The first-order chi connectivity index (χ1) is 8.83. The molecule has 1 heterocycles. The Morgan fingerprint density at radius 1 is 1.06 bits per heavy atom. The Hall–Kier alpha value is -1.16. The Labute approximate surface area is 115 Å². The van der Waals surface area contributed by atoms with Crippen molar-refractivity contribution in [2.45, 2.75) is 38.0 Å². The molecular weight excluding hydrogens is 290 g/mol. The van der Waals surface area contributed by atoms with Crippen molar-refractivity contribution in [3.05, 3.63) is 34.6 Å². The Kier molecular flexibility index (Phi) is 3.46. The highest BCUT2D eigenvalue weighted by Gasteiger charge is 2.19. The van der Waals surface area contributed by atoms with Gasteiger partial charge in [-0.15, -0.1) is 0 Å². The van der Waals surface area contributed by atoms with Crippen LogP contribution in [0, 0.1) is 0 Å². The summed E-state index contributed by atoms with van der Waals surface area (Å²) in [4.78, 5) is 4.65. The Balaban J connectivity index is 1.82. The first kappa shape index (κ1) is 11.9. The van der Waals surface area contributed by atoms with Gasteiger partial charge in [-0.3, -0.25) is 5.10 Å². The molecule has 0 unspecified atom stereocenters. The summed E-state index contributed by atoms with van der Waals surface area (Å²) in [5, 5.41) is 7.46. The molecule has 1 fully saturated rings. The number of halogens is 1. The summed E-state index contributed by atoms with van der Waals surface area (Å²) >= 11 is 3.44. The van der Waals surface area contributed by atoms with Crippen molar-refractivity contribution < 1.29 is 0 Å². The summed E-state index contributed by atoms with van der Waals surface area (Å²) in [5.41, 5.74) is 1.07. The van der Waals surface area contributed by atoms with Gasteiger partial charge in [0.05, 0.1) is 0 Å². The lowest BCUT2D eigenvalue weighted by molar-refractivity contribution is 0.429. The Morgan fingerprint density at radius 3 is 2.50 bits per heavy atom. The number of hydrogen-bond donors (Lipinski definition) is 1. The minimum atomic E-state index is 0.579. The molecule has 0 saturated heterocycles. The van der Waals surface area contributed by atoms with E-state index in [9.17, 15) is 0 Å². The van der Waals surface area contributed by atoms with Crippen LogP contribution < -0.4 is 0 Å². The zero-order chi connectivity index (χ0) is 12.4. The van der Waals surface area contributed by atoms with Crippen molar-refractivity contribution in [3.8, 4) is 11.4 Å². The van der Waals surface area contributed by atoms with Gasteiger partial charge < -0.3 is 0 Å². The molecule has 1 N–H and O–H groups in total. The molecule has 0 atom stereocenters. The standard InChI is InChI=1S/C14H16BrN3/c15-12-8-6-11(7-9-12)14-16-13(17-18-14)10-4-2-1-3-5-10/h6-10H,1-5H2,(H,16,17,18). The van der Waals surface area contributed by atoms with E-state index in [1.807, 2.05) is 24.3 Å². The number of hydrogen-bond acceptors (Lipinski definition) is 2. The van der Waals surface area contributed by atoms with Crippen LogP contribution in [0.1, 0.15) is 43.8 Å². The fraction of sp³-hybridized carbons (Fsp3) is 0.429. The first-order valence-electron chi connectivity index (χ1n) is 6.51.